The van der Waals surface area contributed by atoms with E-state index in [0.717, 1.165) is 23.1 Å². The first kappa shape index (κ1) is 13.4. The van der Waals surface area contributed by atoms with E-state index in [2.05, 4.69) is 10.1 Å². The number of primary sulfonamides is 1. The molecule has 0 saturated carbocycles. The molecule has 0 saturated heterocycles. The highest BCUT2D eigenvalue weighted by molar-refractivity contribution is 8.42. The number of sulfonamides is 1. The van der Waals surface area contributed by atoms with Crippen LogP contribution in [-0.2, 0) is 10.0 Å². The number of amidine groups is 1. The standard InChI is InChI=1S/C11H12N4O3S2/c1-18-8-4-2-3-7(5-8)9-6-15-10(13-9)19-11(14-15)20(12,16)17/h2-5,9H,6H2,1H3,(H2,12,16,17). The minimum Gasteiger partial charge on any atom is -0.497 e. The molecule has 0 bridgehead atoms. The highest BCUT2D eigenvalue weighted by atomic mass is 32.3. The van der Waals surface area contributed by atoms with Crippen LogP contribution in [0.25, 0.3) is 0 Å². The summed E-state index contributed by atoms with van der Waals surface area (Å²) in [5.74, 6) is 0.760. The predicted molar refractivity (Wildman–Crippen MR) is 78.0 cm³/mol. The van der Waals surface area contributed by atoms with E-state index in [9.17, 15) is 8.42 Å². The lowest BCUT2D eigenvalue weighted by atomic mass is 10.1. The fraction of sp³-hybridized carbons (Fsp3) is 0.273. The molecule has 1 atom stereocenters. The third kappa shape index (κ3) is 2.39. The molecule has 1 aromatic rings. The van der Waals surface area contributed by atoms with Gasteiger partial charge in [-0.05, 0) is 29.5 Å². The number of hydrazone groups is 1. The minimum absolute atomic E-state index is 0.0848. The molecule has 2 aliphatic heterocycles. The fourth-order valence-corrected chi connectivity index (χ4v) is 3.58. The molecule has 3 rings (SSSR count). The number of nitrogens with zero attached hydrogens (tertiary/aromatic N) is 3. The number of hydrogen-bond donors (Lipinski definition) is 1. The Morgan fingerprint density at radius 1 is 1.50 bits per heavy atom. The fourth-order valence-electron chi connectivity index (χ4n) is 1.99. The van der Waals surface area contributed by atoms with Crippen LogP contribution in [0.3, 0.4) is 0 Å². The zero-order valence-electron chi connectivity index (χ0n) is 10.6. The molecule has 20 heavy (non-hydrogen) atoms. The van der Waals surface area contributed by atoms with Crippen molar-refractivity contribution >= 4 is 31.3 Å². The van der Waals surface area contributed by atoms with Gasteiger partial charge in [-0.3, -0.25) is 4.99 Å². The normalized spacial score (nSPS) is 21.5. The number of nitrogens with two attached hydrogens (primary N) is 1. The first-order chi connectivity index (χ1) is 9.47. The second kappa shape index (κ2) is 4.76. The maximum absolute atomic E-state index is 11.2. The molecule has 2 aliphatic rings. The number of benzene rings is 1. The lowest BCUT2D eigenvalue weighted by molar-refractivity contribution is 0.412. The third-order valence-corrected chi connectivity index (χ3v) is 5.21. The molecule has 9 heteroatoms. The van der Waals surface area contributed by atoms with Gasteiger partial charge in [-0.15, -0.1) is 5.10 Å². The number of aliphatic imine (C=N–C) groups is 1. The van der Waals surface area contributed by atoms with Crippen molar-refractivity contribution in [1.29, 1.82) is 0 Å². The monoisotopic (exact) mass is 312 g/mol. The summed E-state index contributed by atoms with van der Waals surface area (Å²) in [6.07, 6.45) is 0. The molecule has 0 amide bonds. The Labute approximate surface area is 120 Å². The summed E-state index contributed by atoms with van der Waals surface area (Å²) in [5, 5.41) is 11.1. The van der Waals surface area contributed by atoms with Crippen LogP contribution in [0.1, 0.15) is 11.6 Å². The van der Waals surface area contributed by atoms with Crippen LogP contribution in [0.2, 0.25) is 0 Å². The van der Waals surface area contributed by atoms with Gasteiger partial charge in [0.05, 0.1) is 19.7 Å². The van der Waals surface area contributed by atoms with Gasteiger partial charge < -0.3 is 4.74 Å². The molecule has 0 aromatic heterocycles. The van der Waals surface area contributed by atoms with Gasteiger partial charge in [0.15, 0.2) is 5.17 Å². The van der Waals surface area contributed by atoms with Crippen molar-refractivity contribution in [2.24, 2.45) is 15.2 Å². The van der Waals surface area contributed by atoms with Crippen molar-refractivity contribution < 1.29 is 13.2 Å². The molecule has 106 valence electrons. The second-order valence-corrected chi connectivity index (χ2v) is 6.99. The Morgan fingerprint density at radius 3 is 2.95 bits per heavy atom. The van der Waals surface area contributed by atoms with Gasteiger partial charge in [-0.1, -0.05) is 12.1 Å². The average molecular weight is 312 g/mol. The summed E-state index contributed by atoms with van der Waals surface area (Å²) in [6.45, 7) is 0.495. The number of thioether (sulfide) groups is 1. The molecule has 0 aliphatic carbocycles. The Bertz CT molecular complexity index is 714. The highest BCUT2D eigenvalue weighted by Crippen LogP contribution is 2.35. The van der Waals surface area contributed by atoms with Gasteiger partial charge in [0.1, 0.15) is 5.75 Å². The molecule has 2 N–H and O–H groups in total. The second-order valence-electron chi connectivity index (χ2n) is 4.30. The van der Waals surface area contributed by atoms with Gasteiger partial charge >= 0.3 is 0 Å². The maximum atomic E-state index is 11.2. The first-order valence-electron chi connectivity index (χ1n) is 5.76. The van der Waals surface area contributed by atoms with Crippen LogP contribution in [0.4, 0.5) is 0 Å². The molecule has 1 aromatic carbocycles. The Balaban J connectivity index is 1.82. The van der Waals surface area contributed by atoms with Gasteiger partial charge in [0.25, 0.3) is 10.0 Å². The Kier molecular flexibility index (Phi) is 3.19. The molecule has 2 heterocycles. The number of fused-ring (bicyclic) bond motifs is 1. The quantitative estimate of drug-likeness (QED) is 0.867. The van der Waals surface area contributed by atoms with E-state index in [1.54, 1.807) is 12.1 Å². The minimum atomic E-state index is -3.77. The Morgan fingerprint density at radius 2 is 2.30 bits per heavy atom. The van der Waals surface area contributed by atoms with Gasteiger partial charge in [0.2, 0.25) is 4.38 Å². The zero-order valence-corrected chi connectivity index (χ0v) is 12.2. The van der Waals surface area contributed by atoms with E-state index >= 15 is 0 Å². The van der Waals surface area contributed by atoms with Crippen molar-refractivity contribution in [3.8, 4) is 5.75 Å². The van der Waals surface area contributed by atoms with Crippen molar-refractivity contribution in [2.45, 2.75) is 6.04 Å². The summed E-state index contributed by atoms with van der Waals surface area (Å²) in [6, 6.07) is 7.53. The Hall–Kier alpha value is -1.58. The number of rotatable bonds is 2. The van der Waals surface area contributed by atoms with Crippen LogP contribution in [0, 0.1) is 0 Å². The first-order valence-corrected chi connectivity index (χ1v) is 8.12. The van der Waals surface area contributed by atoms with Crippen molar-refractivity contribution in [2.75, 3.05) is 13.7 Å². The van der Waals surface area contributed by atoms with E-state index in [-0.39, 0.29) is 10.4 Å². The number of ether oxygens (including phenoxy) is 1. The third-order valence-electron chi connectivity index (χ3n) is 2.94. The summed E-state index contributed by atoms with van der Waals surface area (Å²) < 4.78 is 27.5. The van der Waals surface area contributed by atoms with Crippen LogP contribution >= 0.6 is 11.8 Å². The van der Waals surface area contributed by atoms with E-state index in [4.69, 9.17) is 9.88 Å². The summed E-state index contributed by atoms with van der Waals surface area (Å²) >= 11 is 0.978. The number of methoxy groups -OCH3 is 1. The number of hydrogen-bond acceptors (Lipinski definition) is 7. The van der Waals surface area contributed by atoms with Gasteiger partial charge in [0, 0.05) is 0 Å². The molecular formula is C11H12N4O3S2. The maximum Gasteiger partial charge on any atom is 0.264 e. The molecule has 7 nitrogen and oxygen atoms in total. The van der Waals surface area contributed by atoms with Crippen LogP contribution in [0.5, 0.6) is 5.75 Å². The largest absolute Gasteiger partial charge is 0.497 e. The summed E-state index contributed by atoms with van der Waals surface area (Å²) in [4.78, 5) is 4.47. The molecule has 1 unspecified atom stereocenters. The van der Waals surface area contributed by atoms with E-state index in [0.29, 0.717) is 11.7 Å². The van der Waals surface area contributed by atoms with Gasteiger partial charge in [-0.25, -0.2) is 18.6 Å². The molecular weight excluding hydrogens is 300 g/mol. The van der Waals surface area contributed by atoms with Crippen LogP contribution in [0.15, 0.2) is 34.4 Å². The SMILES string of the molecule is COc1cccc(C2CN3N=C(S(N)(=O)=O)SC3=N2)c1. The lowest BCUT2D eigenvalue weighted by Gasteiger charge is -2.10. The summed E-state index contributed by atoms with van der Waals surface area (Å²) in [5.41, 5.74) is 0.999. The van der Waals surface area contributed by atoms with Crippen molar-refractivity contribution in [3.05, 3.63) is 29.8 Å². The van der Waals surface area contributed by atoms with Crippen LogP contribution < -0.4 is 9.88 Å². The molecule has 0 fully saturated rings. The van der Waals surface area contributed by atoms with E-state index in [1.807, 2.05) is 24.3 Å². The zero-order chi connectivity index (χ0) is 14.3. The highest BCUT2D eigenvalue weighted by Gasteiger charge is 2.36. The average Bonchev–Trinajstić information content (AvgIpc) is 2.96. The molecule has 0 radical (unpaired) electrons. The topological polar surface area (TPSA) is 97.3 Å². The van der Waals surface area contributed by atoms with E-state index in [1.165, 1.54) is 0 Å². The predicted octanol–water partition coefficient (Wildman–Crippen LogP) is 0.714. The lowest BCUT2D eigenvalue weighted by Crippen LogP contribution is -2.20. The van der Waals surface area contributed by atoms with E-state index < -0.39 is 10.0 Å². The van der Waals surface area contributed by atoms with Crippen LogP contribution in [-0.4, -0.2) is 36.6 Å². The van der Waals surface area contributed by atoms with Crippen molar-refractivity contribution in [1.82, 2.24) is 5.01 Å². The molecule has 0 spiro atoms. The van der Waals surface area contributed by atoms with Crippen molar-refractivity contribution in [3.63, 3.8) is 0 Å². The summed E-state index contributed by atoms with van der Waals surface area (Å²) in [7, 11) is -2.16. The van der Waals surface area contributed by atoms with Gasteiger partial charge in [-0.2, -0.15) is 0 Å². The smallest absolute Gasteiger partial charge is 0.264 e.